The number of carbonyl (C=O) groups excluding carboxylic acids is 2. The Bertz CT molecular complexity index is 585. The van der Waals surface area contributed by atoms with Crippen molar-refractivity contribution in [2.75, 3.05) is 0 Å². The lowest BCUT2D eigenvalue weighted by atomic mass is 9.78. The second-order valence-corrected chi connectivity index (χ2v) is 6.50. The SMILES string of the molecule is CC(C)C1(C)CC(=O)N(C(C(N)=S)c2ccccc2)C1=O. The molecule has 112 valence electrons. The summed E-state index contributed by atoms with van der Waals surface area (Å²) in [6.45, 7) is 5.74. The molecule has 2 rings (SSSR count). The van der Waals surface area contributed by atoms with Gasteiger partial charge in [-0.3, -0.25) is 14.5 Å². The molecule has 5 heteroatoms. The number of thiocarbonyl (C=S) groups is 1. The van der Waals surface area contributed by atoms with Gasteiger partial charge in [0.05, 0.1) is 5.41 Å². The predicted octanol–water partition coefficient (Wildman–Crippen LogP) is 2.44. The van der Waals surface area contributed by atoms with Crippen LogP contribution in [0.25, 0.3) is 0 Å². The summed E-state index contributed by atoms with van der Waals surface area (Å²) in [7, 11) is 0. The first-order chi connectivity index (χ1) is 9.79. The van der Waals surface area contributed by atoms with Gasteiger partial charge in [0.2, 0.25) is 11.8 Å². The van der Waals surface area contributed by atoms with E-state index in [4.69, 9.17) is 18.0 Å². The third kappa shape index (κ3) is 2.58. The molecule has 0 radical (unpaired) electrons. The average Bonchev–Trinajstić information content (AvgIpc) is 2.65. The number of hydrogen-bond donors (Lipinski definition) is 1. The Hall–Kier alpha value is -1.75. The topological polar surface area (TPSA) is 63.4 Å². The summed E-state index contributed by atoms with van der Waals surface area (Å²) in [5.41, 5.74) is 5.90. The number of imide groups is 1. The summed E-state index contributed by atoms with van der Waals surface area (Å²) in [5, 5.41) is 0. The molecular weight excluding hydrogens is 284 g/mol. The van der Waals surface area contributed by atoms with Gasteiger partial charge in [-0.2, -0.15) is 0 Å². The molecule has 0 saturated carbocycles. The summed E-state index contributed by atoms with van der Waals surface area (Å²) in [6.07, 6.45) is 0.204. The van der Waals surface area contributed by atoms with Gasteiger partial charge < -0.3 is 5.73 Å². The van der Waals surface area contributed by atoms with Crippen LogP contribution in [0.3, 0.4) is 0 Å². The van der Waals surface area contributed by atoms with Crippen molar-refractivity contribution in [3.8, 4) is 0 Å². The Balaban J connectivity index is 2.45. The molecule has 1 aliphatic heterocycles. The Kier molecular flexibility index (Phi) is 4.14. The number of likely N-dealkylation sites (tertiary alicyclic amines) is 1. The Morgan fingerprint density at radius 3 is 2.29 bits per heavy atom. The maximum absolute atomic E-state index is 12.8. The lowest BCUT2D eigenvalue weighted by molar-refractivity contribution is -0.143. The third-order valence-electron chi connectivity index (χ3n) is 4.41. The van der Waals surface area contributed by atoms with Crippen LogP contribution >= 0.6 is 12.2 Å². The first kappa shape index (κ1) is 15.6. The van der Waals surface area contributed by atoms with E-state index in [9.17, 15) is 9.59 Å². The van der Waals surface area contributed by atoms with Crippen LogP contribution in [0.5, 0.6) is 0 Å². The molecule has 2 atom stereocenters. The lowest BCUT2D eigenvalue weighted by Crippen LogP contribution is -2.43. The first-order valence-corrected chi connectivity index (χ1v) is 7.40. The zero-order valence-corrected chi connectivity index (χ0v) is 13.3. The summed E-state index contributed by atoms with van der Waals surface area (Å²) in [4.78, 5) is 26.6. The minimum atomic E-state index is -0.686. The Morgan fingerprint density at radius 2 is 1.86 bits per heavy atom. The summed E-state index contributed by atoms with van der Waals surface area (Å²) in [6, 6.07) is 8.54. The van der Waals surface area contributed by atoms with E-state index in [0.29, 0.717) is 0 Å². The average molecular weight is 304 g/mol. The minimum absolute atomic E-state index is 0.0710. The van der Waals surface area contributed by atoms with Gasteiger partial charge >= 0.3 is 0 Å². The van der Waals surface area contributed by atoms with Crippen LogP contribution in [0.2, 0.25) is 0 Å². The fourth-order valence-corrected chi connectivity index (χ4v) is 2.89. The number of amides is 2. The van der Waals surface area contributed by atoms with E-state index >= 15 is 0 Å². The molecule has 0 bridgehead atoms. The maximum Gasteiger partial charge on any atom is 0.236 e. The fraction of sp³-hybridized carbons (Fsp3) is 0.438. The molecule has 0 aromatic heterocycles. The fourth-order valence-electron chi connectivity index (χ4n) is 2.65. The van der Waals surface area contributed by atoms with Gasteiger partial charge in [0.25, 0.3) is 0 Å². The van der Waals surface area contributed by atoms with E-state index in [-0.39, 0.29) is 29.1 Å². The molecule has 2 unspecified atom stereocenters. The van der Waals surface area contributed by atoms with Crippen LogP contribution in [0, 0.1) is 11.3 Å². The molecule has 1 aromatic carbocycles. The largest absolute Gasteiger partial charge is 0.391 e. The highest BCUT2D eigenvalue weighted by molar-refractivity contribution is 7.80. The molecule has 1 fully saturated rings. The van der Waals surface area contributed by atoms with Gasteiger partial charge in [-0.15, -0.1) is 0 Å². The van der Waals surface area contributed by atoms with Crippen LogP contribution in [-0.4, -0.2) is 21.7 Å². The van der Waals surface area contributed by atoms with Gasteiger partial charge in [0.15, 0.2) is 0 Å². The number of hydrogen-bond acceptors (Lipinski definition) is 3. The third-order valence-corrected chi connectivity index (χ3v) is 4.64. The second-order valence-electron chi connectivity index (χ2n) is 6.03. The molecule has 1 heterocycles. The van der Waals surface area contributed by atoms with Gasteiger partial charge in [0, 0.05) is 6.42 Å². The normalized spacial score (nSPS) is 23.7. The Morgan fingerprint density at radius 1 is 1.29 bits per heavy atom. The number of nitrogens with zero attached hydrogens (tertiary/aromatic N) is 1. The monoisotopic (exact) mass is 304 g/mol. The number of carbonyl (C=O) groups is 2. The molecule has 1 aliphatic rings. The number of rotatable bonds is 4. The first-order valence-electron chi connectivity index (χ1n) is 6.99. The van der Waals surface area contributed by atoms with E-state index in [1.54, 1.807) is 0 Å². The minimum Gasteiger partial charge on any atom is -0.391 e. The predicted molar refractivity (Wildman–Crippen MR) is 85.4 cm³/mol. The molecule has 21 heavy (non-hydrogen) atoms. The van der Waals surface area contributed by atoms with Crippen LogP contribution in [0.4, 0.5) is 0 Å². The summed E-state index contributed by atoms with van der Waals surface area (Å²) < 4.78 is 0. The van der Waals surface area contributed by atoms with Crippen molar-refractivity contribution in [1.82, 2.24) is 4.90 Å². The molecular formula is C16H20N2O2S. The lowest BCUT2D eigenvalue weighted by Gasteiger charge is -2.30. The van der Waals surface area contributed by atoms with Crippen LogP contribution in [0.1, 0.15) is 38.8 Å². The molecule has 2 N–H and O–H groups in total. The van der Waals surface area contributed by atoms with E-state index in [2.05, 4.69) is 0 Å². The zero-order valence-electron chi connectivity index (χ0n) is 12.5. The van der Waals surface area contributed by atoms with Crippen LogP contribution < -0.4 is 5.73 Å². The Labute approximate surface area is 130 Å². The highest BCUT2D eigenvalue weighted by Crippen LogP contribution is 2.42. The molecule has 1 saturated heterocycles. The zero-order chi connectivity index (χ0) is 15.8. The van der Waals surface area contributed by atoms with Gasteiger partial charge in [-0.1, -0.05) is 56.4 Å². The summed E-state index contributed by atoms with van der Waals surface area (Å²) >= 11 is 5.11. The van der Waals surface area contributed by atoms with Crippen LogP contribution in [-0.2, 0) is 9.59 Å². The van der Waals surface area contributed by atoms with Crippen molar-refractivity contribution in [1.29, 1.82) is 0 Å². The standard InChI is InChI=1S/C16H20N2O2S/c1-10(2)16(3)9-12(19)18(15(16)20)13(14(17)21)11-7-5-4-6-8-11/h4-8,10,13H,9H2,1-3H3,(H2,17,21). The van der Waals surface area contributed by atoms with Gasteiger partial charge in [-0.05, 0) is 18.4 Å². The van der Waals surface area contributed by atoms with Crippen molar-refractivity contribution in [2.24, 2.45) is 17.1 Å². The second kappa shape index (κ2) is 5.56. The van der Waals surface area contributed by atoms with E-state index in [1.165, 1.54) is 4.90 Å². The smallest absolute Gasteiger partial charge is 0.236 e. The summed E-state index contributed by atoms with van der Waals surface area (Å²) in [5.74, 6) is -0.330. The van der Waals surface area contributed by atoms with E-state index in [0.717, 1.165) is 5.56 Å². The molecule has 4 nitrogen and oxygen atoms in total. The van der Waals surface area contributed by atoms with Crippen molar-refractivity contribution in [3.63, 3.8) is 0 Å². The quantitative estimate of drug-likeness (QED) is 0.685. The van der Waals surface area contributed by atoms with Crippen molar-refractivity contribution in [2.45, 2.75) is 33.2 Å². The van der Waals surface area contributed by atoms with E-state index < -0.39 is 11.5 Å². The molecule has 1 aromatic rings. The molecule has 2 amide bonds. The maximum atomic E-state index is 12.8. The van der Waals surface area contributed by atoms with Gasteiger partial charge in [-0.25, -0.2) is 0 Å². The van der Waals surface area contributed by atoms with E-state index in [1.807, 2.05) is 51.1 Å². The number of benzene rings is 1. The molecule has 0 spiro atoms. The van der Waals surface area contributed by atoms with Gasteiger partial charge in [0.1, 0.15) is 11.0 Å². The number of nitrogens with two attached hydrogens (primary N) is 1. The van der Waals surface area contributed by atoms with Crippen LogP contribution in [0.15, 0.2) is 30.3 Å². The van der Waals surface area contributed by atoms with Crippen molar-refractivity contribution in [3.05, 3.63) is 35.9 Å². The molecule has 0 aliphatic carbocycles. The van der Waals surface area contributed by atoms with Crippen molar-refractivity contribution >= 4 is 29.0 Å². The van der Waals surface area contributed by atoms with Crippen molar-refractivity contribution < 1.29 is 9.59 Å². The highest BCUT2D eigenvalue weighted by atomic mass is 32.1. The highest BCUT2D eigenvalue weighted by Gasteiger charge is 2.52.